The third-order valence-electron chi connectivity index (χ3n) is 2.21. The molecule has 1 unspecified atom stereocenters. The van der Waals surface area contributed by atoms with Gasteiger partial charge in [0.2, 0.25) is 0 Å². The summed E-state index contributed by atoms with van der Waals surface area (Å²) in [6.07, 6.45) is 3.04. The van der Waals surface area contributed by atoms with E-state index in [9.17, 15) is 0 Å². The minimum absolute atomic E-state index is 0.572. The van der Waals surface area contributed by atoms with Crippen LogP contribution in [0.2, 0.25) is 0 Å². The standard InChI is InChI=1S/C11H18N2S/c1-4-9(3)14-11-8(2)5-10(6-12)7-13-11/h5,7,9H,4,6,12H2,1-3H3. The molecule has 2 N–H and O–H groups in total. The highest BCUT2D eigenvalue weighted by Gasteiger charge is 2.06. The molecule has 0 aliphatic heterocycles. The van der Waals surface area contributed by atoms with Crippen molar-refractivity contribution in [2.45, 2.75) is 44.0 Å². The molecule has 0 saturated carbocycles. The first-order valence-corrected chi connectivity index (χ1v) is 5.87. The lowest BCUT2D eigenvalue weighted by atomic mass is 10.2. The third-order valence-corrected chi connectivity index (χ3v) is 3.60. The Morgan fingerprint density at radius 3 is 2.79 bits per heavy atom. The molecule has 0 fully saturated rings. The predicted molar refractivity (Wildman–Crippen MR) is 62.5 cm³/mol. The van der Waals surface area contributed by atoms with Crippen LogP contribution in [-0.4, -0.2) is 10.2 Å². The Bertz CT molecular complexity index is 299. The summed E-state index contributed by atoms with van der Waals surface area (Å²) in [7, 11) is 0. The smallest absolute Gasteiger partial charge is 0.0991 e. The number of pyridine rings is 1. The molecular weight excluding hydrogens is 192 g/mol. The van der Waals surface area contributed by atoms with Crippen molar-refractivity contribution in [3.8, 4) is 0 Å². The Balaban J connectivity index is 2.78. The molecule has 1 atom stereocenters. The van der Waals surface area contributed by atoms with Gasteiger partial charge in [0.05, 0.1) is 5.03 Å². The maximum absolute atomic E-state index is 5.55. The molecule has 0 aliphatic carbocycles. The van der Waals surface area contributed by atoms with Crippen molar-refractivity contribution in [3.05, 3.63) is 23.4 Å². The van der Waals surface area contributed by atoms with Crippen molar-refractivity contribution in [3.63, 3.8) is 0 Å². The Morgan fingerprint density at radius 2 is 2.29 bits per heavy atom. The van der Waals surface area contributed by atoms with Crippen molar-refractivity contribution in [2.24, 2.45) is 5.73 Å². The predicted octanol–water partition coefficient (Wildman–Crippen LogP) is 2.74. The van der Waals surface area contributed by atoms with E-state index in [1.54, 1.807) is 0 Å². The molecule has 2 nitrogen and oxygen atoms in total. The molecule has 78 valence electrons. The molecule has 14 heavy (non-hydrogen) atoms. The van der Waals surface area contributed by atoms with Crippen LogP contribution >= 0.6 is 11.8 Å². The maximum atomic E-state index is 5.55. The molecule has 3 heteroatoms. The van der Waals surface area contributed by atoms with Gasteiger partial charge in [-0.25, -0.2) is 4.98 Å². The SMILES string of the molecule is CCC(C)Sc1ncc(CN)cc1C. The van der Waals surface area contributed by atoms with Crippen LogP contribution in [0.4, 0.5) is 0 Å². The van der Waals surface area contributed by atoms with Crippen LogP contribution in [0.5, 0.6) is 0 Å². The number of thioether (sulfide) groups is 1. The molecule has 0 saturated heterocycles. The summed E-state index contributed by atoms with van der Waals surface area (Å²) in [4.78, 5) is 4.42. The van der Waals surface area contributed by atoms with Crippen LogP contribution in [0, 0.1) is 6.92 Å². The molecule has 1 aromatic heterocycles. The highest BCUT2D eigenvalue weighted by Crippen LogP contribution is 2.26. The Kier molecular flexibility index (Phi) is 4.42. The third kappa shape index (κ3) is 3.00. The number of hydrogen-bond donors (Lipinski definition) is 1. The number of hydrogen-bond acceptors (Lipinski definition) is 3. The topological polar surface area (TPSA) is 38.9 Å². The van der Waals surface area contributed by atoms with Gasteiger partial charge in [-0.1, -0.05) is 19.9 Å². The Morgan fingerprint density at radius 1 is 1.57 bits per heavy atom. The van der Waals surface area contributed by atoms with E-state index in [-0.39, 0.29) is 0 Å². The van der Waals surface area contributed by atoms with Crippen LogP contribution in [-0.2, 0) is 6.54 Å². The van der Waals surface area contributed by atoms with Crippen LogP contribution in [0.25, 0.3) is 0 Å². The van der Waals surface area contributed by atoms with Gasteiger partial charge in [0, 0.05) is 18.0 Å². The lowest BCUT2D eigenvalue weighted by Crippen LogP contribution is -2.00. The first-order chi connectivity index (χ1) is 6.67. The number of aryl methyl sites for hydroxylation is 1. The molecule has 0 amide bonds. The van der Waals surface area contributed by atoms with Gasteiger partial charge < -0.3 is 5.73 Å². The number of nitrogens with zero attached hydrogens (tertiary/aromatic N) is 1. The van der Waals surface area contributed by atoms with Crippen molar-refractivity contribution in [2.75, 3.05) is 0 Å². The fourth-order valence-corrected chi connectivity index (χ4v) is 2.04. The summed E-state index contributed by atoms with van der Waals surface area (Å²) in [5.74, 6) is 0. The molecule has 1 heterocycles. The molecule has 0 radical (unpaired) electrons. The molecular formula is C11H18N2S. The summed E-state index contributed by atoms with van der Waals surface area (Å²) in [6.45, 7) is 7.09. The molecule has 0 spiro atoms. The molecule has 0 bridgehead atoms. The van der Waals surface area contributed by atoms with Gasteiger partial charge in [-0.15, -0.1) is 11.8 Å². The van der Waals surface area contributed by atoms with E-state index in [0.717, 1.165) is 10.6 Å². The minimum Gasteiger partial charge on any atom is -0.326 e. The second-order valence-corrected chi connectivity index (χ2v) is 4.93. The van der Waals surface area contributed by atoms with Gasteiger partial charge in [0.1, 0.15) is 0 Å². The quantitative estimate of drug-likeness (QED) is 0.777. The summed E-state index contributed by atoms with van der Waals surface area (Å²) in [5.41, 5.74) is 7.89. The van der Waals surface area contributed by atoms with E-state index >= 15 is 0 Å². The molecule has 0 aliphatic rings. The van der Waals surface area contributed by atoms with E-state index in [1.165, 1.54) is 12.0 Å². The normalized spacial score (nSPS) is 12.9. The zero-order valence-electron chi connectivity index (χ0n) is 9.08. The zero-order valence-corrected chi connectivity index (χ0v) is 9.90. The highest BCUT2D eigenvalue weighted by molar-refractivity contribution is 7.99. The number of aromatic nitrogens is 1. The van der Waals surface area contributed by atoms with Crippen LogP contribution < -0.4 is 5.73 Å². The lowest BCUT2D eigenvalue weighted by Gasteiger charge is -2.10. The molecule has 1 aromatic rings. The van der Waals surface area contributed by atoms with Gasteiger partial charge in [-0.3, -0.25) is 0 Å². The van der Waals surface area contributed by atoms with Crippen LogP contribution in [0.15, 0.2) is 17.3 Å². The molecule has 1 rings (SSSR count). The monoisotopic (exact) mass is 210 g/mol. The fraction of sp³-hybridized carbons (Fsp3) is 0.545. The first-order valence-electron chi connectivity index (χ1n) is 4.99. The summed E-state index contributed by atoms with van der Waals surface area (Å²) < 4.78 is 0. The molecule has 0 aromatic carbocycles. The van der Waals surface area contributed by atoms with Crippen LogP contribution in [0.1, 0.15) is 31.4 Å². The fourth-order valence-electron chi connectivity index (χ4n) is 1.13. The Hall–Kier alpha value is -0.540. The van der Waals surface area contributed by atoms with Gasteiger partial charge in [0.15, 0.2) is 0 Å². The lowest BCUT2D eigenvalue weighted by molar-refractivity contribution is 0.896. The van der Waals surface area contributed by atoms with E-state index in [4.69, 9.17) is 5.73 Å². The Labute approximate surface area is 90.3 Å². The van der Waals surface area contributed by atoms with Gasteiger partial charge >= 0.3 is 0 Å². The van der Waals surface area contributed by atoms with E-state index < -0.39 is 0 Å². The van der Waals surface area contributed by atoms with Gasteiger partial charge in [-0.05, 0) is 24.5 Å². The average molecular weight is 210 g/mol. The number of nitrogens with two attached hydrogens (primary N) is 1. The maximum Gasteiger partial charge on any atom is 0.0991 e. The van der Waals surface area contributed by atoms with Gasteiger partial charge in [-0.2, -0.15) is 0 Å². The summed E-state index contributed by atoms with van der Waals surface area (Å²) >= 11 is 1.84. The summed E-state index contributed by atoms with van der Waals surface area (Å²) in [6, 6.07) is 2.12. The minimum atomic E-state index is 0.572. The largest absolute Gasteiger partial charge is 0.326 e. The number of rotatable bonds is 4. The van der Waals surface area contributed by atoms with Crippen molar-refractivity contribution < 1.29 is 0 Å². The van der Waals surface area contributed by atoms with E-state index in [1.807, 2.05) is 18.0 Å². The second-order valence-electron chi connectivity index (χ2n) is 3.51. The van der Waals surface area contributed by atoms with E-state index in [2.05, 4.69) is 31.8 Å². The van der Waals surface area contributed by atoms with Crippen LogP contribution in [0.3, 0.4) is 0 Å². The first kappa shape index (κ1) is 11.5. The van der Waals surface area contributed by atoms with Crippen molar-refractivity contribution in [1.82, 2.24) is 4.98 Å². The van der Waals surface area contributed by atoms with E-state index in [0.29, 0.717) is 11.8 Å². The second kappa shape index (κ2) is 5.37. The van der Waals surface area contributed by atoms with Gasteiger partial charge in [0.25, 0.3) is 0 Å². The van der Waals surface area contributed by atoms with Crippen molar-refractivity contribution >= 4 is 11.8 Å². The zero-order chi connectivity index (χ0) is 10.6. The van der Waals surface area contributed by atoms with Crippen molar-refractivity contribution in [1.29, 1.82) is 0 Å². The average Bonchev–Trinajstić information content (AvgIpc) is 2.20. The highest BCUT2D eigenvalue weighted by atomic mass is 32.2. The summed E-state index contributed by atoms with van der Waals surface area (Å²) in [5, 5.41) is 1.77.